The van der Waals surface area contributed by atoms with Crippen LogP contribution in [0.2, 0.25) is 0 Å². The van der Waals surface area contributed by atoms with Crippen LogP contribution in [0.4, 0.5) is 27.6 Å². The molecule has 1 rings (SSSR count). The largest absolute Gasteiger partial charge is 0.461 e. The number of rotatable bonds is 2. The fourth-order valence-corrected chi connectivity index (χ4v) is 0.798. The number of H-pyrrole nitrogens is 1. The molecule has 0 unspecified atom stereocenters. The smallest absolute Gasteiger partial charge is 0.393 e. The van der Waals surface area contributed by atoms with Gasteiger partial charge >= 0.3 is 12.1 Å². The normalized spacial score (nSPS) is 12.5. The van der Waals surface area contributed by atoms with E-state index in [4.69, 9.17) is 5.73 Å². The molecule has 17 heavy (non-hydrogen) atoms. The predicted octanol–water partition coefficient (Wildman–Crippen LogP) is 0.732. The van der Waals surface area contributed by atoms with E-state index in [1.807, 2.05) is 0 Å². The molecule has 0 saturated heterocycles. The minimum Gasteiger partial charge on any atom is -0.393 e. The maximum Gasteiger partial charge on any atom is 0.461 e. The van der Waals surface area contributed by atoms with E-state index in [1.165, 1.54) is 4.98 Å². The number of anilines is 1. The minimum atomic E-state index is -6.07. The maximum absolute atomic E-state index is 12.6. The summed E-state index contributed by atoms with van der Waals surface area (Å²) in [7, 11) is 0. The van der Waals surface area contributed by atoms with Crippen LogP contribution in [0, 0.1) is 0 Å². The summed E-state index contributed by atoms with van der Waals surface area (Å²) in [5, 5.41) is 0. The summed E-state index contributed by atoms with van der Waals surface area (Å²) in [4.78, 5) is 26.0. The molecule has 0 radical (unpaired) electrons. The van der Waals surface area contributed by atoms with Crippen molar-refractivity contribution in [3.05, 3.63) is 22.4 Å². The summed E-state index contributed by atoms with van der Waals surface area (Å²) >= 11 is 0. The SMILES string of the molecule is Nc1cnc(C(=O)C(F)(F)C(F)(F)F)[nH]c1=O. The first-order chi connectivity index (χ1) is 7.57. The van der Waals surface area contributed by atoms with Crippen LogP contribution in [0.5, 0.6) is 0 Å². The number of carbonyl (C=O) groups is 1. The Morgan fingerprint density at radius 2 is 1.82 bits per heavy atom. The van der Waals surface area contributed by atoms with Gasteiger partial charge in [-0.05, 0) is 0 Å². The van der Waals surface area contributed by atoms with Gasteiger partial charge in [0.05, 0.1) is 6.20 Å². The summed E-state index contributed by atoms with van der Waals surface area (Å²) in [5.41, 5.74) is 3.26. The van der Waals surface area contributed by atoms with Crippen LogP contribution in [-0.2, 0) is 0 Å². The van der Waals surface area contributed by atoms with E-state index in [0.717, 1.165) is 0 Å². The zero-order valence-electron chi connectivity index (χ0n) is 7.81. The number of aromatic nitrogens is 2. The van der Waals surface area contributed by atoms with Gasteiger partial charge in [-0.25, -0.2) is 4.98 Å². The molecule has 1 heterocycles. The number of nitrogens with one attached hydrogen (secondary N) is 1. The molecule has 0 spiro atoms. The summed E-state index contributed by atoms with van der Waals surface area (Å²) in [6, 6.07) is 0. The number of carbonyl (C=O) groups excluding carboxylic acids is 1. The van der Waals surface area contributed by atoms with Crippen molar-refractivity contribution in [2.45, 2.75) is 12.1 Å². The molecule has 0 aliphatic rings. The van der Waals surface area contributed by atoms with Gasteiger partial charge < -0.3 is 10.7 Å². The van der Waals surface area contributed by atoms with Crippen molar-refractivity contribution in [1.29, 1.82) is 0 Å². The molecule has 1 aromatic rings. The molecule has 1 aromatic heterocycles. The molecule has 0 bridgehead atoms. The molecular formula is C7H4F5N3O2. The predicted molar refractivity (Wildman–Crippen MR) is 44.6 cm³/mol. The molecule has 0 aliphatic heterocycles. The van der Waals surface area contributed by atoms with Crippen molar-refractivity contribution < 1.29 is 26.7 Å². The van der Waals surface area contributed by atoms with Crippen LogP contribution in [-0.4, -0.2) is 27.9 Å². The molecule has 0 aromatic carbocycles. The van der Waals surface area contributed by atoms with E-state index in [2.05, 4.69) is 4.98 Å². The number of nitrogens with zero attached hydrogens (tertiary/aromatic N) is 1. The standard InChI is InChI=1S/C7H4F5N3O2/c8-6(9,7(10,11)12)3(16)4-14-1-2(13)5(17)15-4/h1H,13H2,(H,14,15,17). The van der Waals surface area contributed by atoms with E-state index in [0.29, 0.717) is 6.20 Å². The second-order valence-corrected chi connectivity index (χ2v) is 2.92. The fraction of sp³-hybridized carbons (Fsp3) is 0.286. The van der Waals surface area contributed by atoms with Gasteiger partial charge in [0.1, 0.15) is 5.69 Å². The molecule has 5 nitrogen and oxygen atoms in total. The van der Waals surface area contributed by atoms with Crippen molar-refractivity contribution in [2.75, 3.05) is 5.73 Å². The van der Waals surface area contributed by atoms with E-state index in [9.17, 15) is 31.5 Å². The highest BCUT2D eigenvalue weighted by molar-refractivity contribution is 5.98. The Morgan fingerprint density at radius 3 is 2.24 bits per heavy atom. The summed E-state index contributed by atoms with van der Waals surface area (Å²) in [5.74, 6) is -9.69. The van der Waals surface area contributed by atoms with Crippen LogP contribution >= 0.6 is 0 Å². The van der Waals surface area contributed by atoms with E-state index < -0.39 is 35.0 Å². The van der Waals surface area contributed by atoms with Crippen molar-refractivity contribution in [3.8, 4) is 0 Å². The third-order valence-electron chi connectivity index (χ3n) is 1.68. The van der Waals surface area contributed by atoms with E-state index in [1.54, 1.807) is 0 Å². The highest BCUT2D eigenvalue weighted by Gasteiger charge is 2.64. The zero-order valence-corrected chi connectivity index (χ0v) is 7.81. The highest BCUT2D eigenvalue weighted by atomic mass is 19.4. The van der Waals surface area contributed by atoms with Crippen LogP contribution in [0.25, 0.3) is 0 Å². The summed E-state index contributed by atoms with van der Waals surface area (Å²) in [6.45, 7) is 0. The summed E-state index contributed by atoms with van der Waals surface area (Å²) < 4.78 is 60.7. The number of ketones is 1. The number of alkyl halides is 5. The number of nitrogens with two attached hydrogens (primary N) is 1. The Balaban J connectivity index is 3.22. The minimum absolute atomic E-state index is 0.512. The van der Waals surface area contributed by atoms with Gasteiger partial charge in [-0.15, -0.1) is 0 Å². The van der Waals surface area contributed by atoms with Gasteiger partial charge in [-0.1, -0.05) is 0 Å². The van der Waals surface area contributed by atoms with Gasteiger partial charge in [0.25, 0.3) is 11.3 Å². The second kappa shape index (κ2) is 3.79. The maximum atomic E-state index is 12.6. The van der Waals surface area contributed by atoms with Crippen molar-refractivity contribution in [1.82, 2.24) is 9.97 Å². The number of aromatic amines is 1. The highest BCUT2D eigenvalue weighted by Crippen LogP contribution is 2.37. The van der Waals surface area contributed by atoms with Crippen molar-refractivity contribution in [3.63, 3.8) is 0 Å². The Bertz CT molecular complexity index is 507. The van der Waals surface area contributed by atoms with Crippen LogP contribution in [0.1, 0.15) is 10.6 Å². The second-order valence-electron chi connectivity index (χ2n) is 2.92. The zero-order chi connectivity index (χ0) is 13.4. The van der Waals surface area contributed by atoms with Gasteiger partial charge in [0, 0.05) is 0 Å². The Morgan fingerprint density at radius 1 is 1.29 bits per heavy atom. The summed E-state index contributed by atoms with van der Waals surface area (Å²) in [6.07, 6.45) is -5.55. The molecule has 0 aliphatic carbocycles. The van der Waals surface area contributed by atoms with Crippen molar-refractivity contribution in [2.24, 2.45) is 0 Å². The third kappa shape index (κ3) is 2.24. The van der Waals surface area contributed by atoms with Gasteiger partial charge in [-0.3, -0.25) is 9.59 Å². The topological polar surface area (TPSA) is 88.8 Å². The quantitative estimate of drug-likeness (QED) is 0.603. The van der Waals surface area contributed by atoms with Gasteiger partial charge in [0.2, 0.25) is 0 Å². The monoisotopic (exact) mass is 257 g/mol. The number of halogens is 5. The van der Waals surface area contributed by atoms with E-state index in [-0.39, 0.29) is 0 Å². The van der Waals surface area contributed by atoms with E-state index >= 15 is 0 Å². The van der Waals surface area contributed by atoms with Gasteiger partial charge in [0.15, 0.2) is 5.82 Å². The lowest BCUT2D eigenvalue weighted by Gasteiger charge is -2.17. The number of Topliss-reactive ketones (excluding diaryl/α,β-unsaturated/α-hetero) is 1. The first kappa shape index (κ1) is 13.1. The lowest BCUT2D eigenvalue weighted by Crippen LogP contribution is -2.45. The third-order valence-corrected chi connectivity index (χ3v) is 1.68. The molecule has 0 atom stereocenters. The first-order valence-electron chi connectivity index (χ1n) is 3.91. The average molecular weight is 257 g/mol. The van der Waals surface area contributed by atoms with Gasteiger partial charge in [-0.2, -0.15) is 22.0 Å². The van der Waals surface area contributed by atoms with Crippen molar-refractivity contribution >= 4 is 11.5 Å². The first-order valence-corrected chi connectivity index (χ1v) is 3.91. The number of hydrogen-bond donors (Lipinski definition) is 2. The molecular weight excluding hydrogens is 253 g/mol. The molecule has 3 N–H and O–H groups in total. The lowest BCUT2D eigenvalue weighted by atomic mass is 10.2. The molecule has 94 valence electrons. The fourth-order valence-electron chi connectivity index (χ4n) is 0.798. The van der Waals surface area contributed by atoms with Crippen LogP contribution in [0.15, 0.2) is 11.0 Å². The Labute approximate surface area is 89.5 Å². The molecule has 0 amide bonds. The van der Waals surface area contributed by atoms with Crippen LogP contribution < -0.4 is 11.3 Å². The lowest BCUT2D eigenvalue weighted by molar-refractivity contribution is -0.256. The molecule has 10 heteroatoms. The molecule has 0 saturated carbocycles. The molecule has 0 fully saturated rings. The number of nitrogen functional groups attached to an aromatic ring is 1. The van der Waals surface area contributed by atoms with Crippen LogP contribution in [0.3, 0.4) is 0 Å². The Hall–Kier alpha value is -2.00. The number of hydrogen-bond acceptors (Lipinski definition) is 4. The Kier molecular flexibility index (Phi) is 2.91. The average Bonchev–Trinajstić information content (AvgIpc) is 2.19.